The van der Waals surface area contributed by atoms with Gasteiger partial charge < -0.3 is 5.32 Å². The summed E-state index contributed by atoms with van der Waals surface area (Å²) in [6.07, 6.45) is -4.54. The monoisotopic (exact) mass is 472 g/mol. The molecule has 0 amide bonds. The smallest absolute Gasteiger partial charge is 0.379 e. The molecule has 3 rings (SSSR count). The first-order valence-corrected chi connectivity index (χ1v) is 11.1. The van der Waals surface area contributed by atoms with Crippen LogP contribution in [0.4, 0.5) is 24.5 Å². The Hall–Kier alpha value is -2.72. The number of halogens is 4. The Labute approximate surface area is 183 Å². The van der Waals surface area contributed by atoms with E-state index >= 15 is 0 Å². The summed E-state index contributed by atoms with van der Waals surface area (Å²) in [5.74, 6) is 0. The molecule has 0 saturated carbocycles. The molecule has 1 heterocycles. The Balaban J connectivity index is 1.87. The van der Waals surface area contributed by atoms with Gasteiger partial charge in [0.15, 0.2) is 5.69 Å². The largest absolute Gasteiger partial charge is 0.435 e. The third-order valence-electron chi connectivity index (χ3n) is 4.57. The lowest BCUT2D eigenvalue weighted by atomic mass is 10.3. The second-order valence-electron chi connectivity index (χ2n) is 6.65. The molecule has 3 aromatic rings. The summed E-state index contributed by atoms with van der Waals surface area (Å²) in [6.45, 7) is 1.91. The highest BCUT2D eigenvalue weighted by atomic mass is 35.5. The number of aromatic nitrogens is 2. The van der Waals surface area contributed by atoms with Gasteiger partial charge in [-0.1, -0.05) is 29.8 Å². The van der Waals surface area contributed by atoms with Crippen LogP contribution in [0.3, 0.4) is 0 Å². The number of para-hydroxylation sites is 1. The first-order valence-electron chi connectivity index (χ1n) is 9.25. The van der Waals surface area contributed by atoms with Crippen LogP contribution in [0.15, 0.2) is 59.5 Å². The Morgan fingerprint density at radius 1 is 1.13 bits per heavy atom. The maximum atomic E-state index is 13.3. The van der Waals surface area contributed by atoms with Crippen molar-refractivity contribution in [3.8, 4) is 0 Å². The summed E-state index contributed by atoms with van der Waals surface area (Å²) in [4.78, 5) is -0.106. The van der Waals surface area contributed by atoms with E-state index in [0.29, 0.717) is 11.4 Å². The minimum absolute atomic E-state index is 0.0108. The SMILES string of the molecule is CCN(c1ccccc1)S(=O)(=O)c1cc(NCc2cc(C(F)(F)F)nn2C)ccc1Cl. The van der Waals surface area contributed by atoms with Crippen LogP contribution in [0, 0.1) is 0 Å². The van der Waals surface area contributed by atoms with Crippen LogP contribution < -0.4 is 9.62 Å². The van der Waals surface area contributed by atoms with Gasteiger partial charge in [-0.3, -0.25) is 8.99 Å². The van der Waals surface area contributed by atoms with E-state index in [1.54, 1.807) is 43.3 Å². The van der Waals surface area contributed by atoms with Crippen molar-refractivity contribution in [2.75, 3.05) is 16.2 Å². The molecule has 1 N–H and O–H groups in total. The van der Waals surface area contributed by atoms with Gasteiger partial charge in [0.05, 0.1) is 22.9 Å². The van der Waals surface area contributed by atoms with Gasteiger partial charge in [-0.15, -0.1) is 0 Å². The Morgan fingerprint density at radius 2 is 1.81 bits per heavy atom. The van der Waals surface area contributed by atoms with E-state index in [2.05, 4.69) is 10.4 Å². The summed E-state index contributed by atoms with van der Waals surface area (Å²) in [6, 6.07) is 13.9. The van der Waals surface area contributed by atoms with E-state index in [-0.39, 0.29) is 28.7 Å². The van der Waals surface area contributed by atoms with Crippen molar-refractivity contribution < 1.29 is 21.6 Å². The van der Waals surface area contributed by atoms with Crippen molar-refractivity contribution in [1.82, 2.24) is 9.78 Å². The van der Waals surface area contributed by atoms with E-state index in [1.807, 2.05) is 0 Å². The number of benzene rings is 2. The predicted molar refractivity (Wildman–Crippen MR) is 114 cm³/mol. The van der Waals surface area contributed by atoms with Gasteiger partial charge in [-0.05, 0) is 43.3 Å². The van der Waals surface area contributed by atoms with Gasteiger partial charge in [-0.2, -0.15) is 18.3 Å². The molecule has 0 atom stereocenters. The van der Waals surface area contributed by atoms with E-state index in [1.165, 1.54) is 23.5 Å². The molecule has 166 valence electrons. The standard InChI is InChI=1S/C20H20ClF3N4O2S/c1-3-28(15-7-5-4-6-8-15)31(29,30)18-11-14(9-10-17(18)21)25-13-16-12-19(20(22,23)24)26-27(16)2/h4-12,25H,3,13H2,1-2H3. The van der Waals surface area contributed by atoms with Crippen LogP contribution in [0.1, 0.15) is 18.3 Å². The van der Waals surface area contributed by atoms with E-state index < -0.39 is 21.9 Å². The van der Waals surface area contributed by atoms with Gasteiger partial charge in [-0.25, -0.2) is 8.42 Å². The third-order valence-corrected chi connectivity index (χ3v) is 6.96. The molecule has 2 aromatic carbocycles. The molecule has 11 heteroatoms. The highest BCUT2D eigenvalue weighted by molar-refractivity contribution is 7.93. The Morgan fingerprint density at radius 3 is 2.39 bits per heavy atom. The zero-order chi connectivity index (χ0) is 22.8. The van der Waals surface area contributed by atoms with Gasteiger partial charge in [0, 0.05) is 19.3 Å². The average Bonchev–Trinajstić information content (AvgIpc) is 3.09. The fourth-order valence-electron chi connectivity index (χ4n) is 3.02. The van der Waals surface area contributed by atoms with Crippen LogP contribution in [0.2, 0.25) is 5.02 Å². The summed E-state index contributed by atoms with van der Waals surface area (Å²) in [7, 11) is -2.56. The van der Waals surface area contributed by atoms with E-state index in [0.717, 1.165) is 10.7 Å². The fraction of sp³-hybridized carbons (Fsp3) is 0.250. The van der Waals surface area contributed by atoms with Crippen LogP contribution in [-0.2, 0) is 29.8 Å². The van der Waals surface area contributed by atoms with Gasteiger partial charge in [0.25, 0.3) is 10.0 Å². The second-order valence-corrected chi connectivity index (χ2v) is 8.88. The summed E-state index contributed by atoms with van der Waals surface area (Å²) < 4.78 is 67.4. The van der Waals surface area contributed by atoms with Crippen molar-refractivity contribution in [1.29, 1.82) is 0 Å². The minimum Gasteiger partial charge on any atom is -0.379 e. The maximum Gasteiger partial charge on any atom is 0.435 e. The Bertz CT molecular complexity index is 1160. The van der Waals surface area contributed by atoms with Crippen LogP contribution in [0.25, 0.3) is 0 Å². The maximum absolute atomic E-state index is 13.3. The molecule has 31 heavy (non-hydrogen) atoms. The van der Waals surface area contributed by atoms with Crippen molar-refractivity contribution in [3.05, 3.63) is 71.0 Å². The van der Waals surface area contributed by atoms with E-state index in [4.69, 9.17) is 11.6 Å². The zero-order valence-corrected chi connectivity index (χ0v) is 18.3. The quantitative estimate of drug-likeness (QED) is 0.530. The number of sulfonamides is 1. The first kappa shape index (κ1) is 23.0. The summed E-state index contributed by atoms with van der Waals surface area (Å²) >= 11 is 6.19. The zero-order valence-electron chi connectivity index (χ0n) is 16.7. The van der Waals surface area contributed by atoms with Crippen LogP contribution >= 0.6 is 11.6 Å². The number of aryl methyl sites for hydroxylation is 1. The molecular weight excluding hydrogens is 453 g/mol. The van der Waals surface area contributed by atoms with Gasteiger partial charge in [0.2, 0.25) is 0 Å². The van der Waals surface area contributed by atoms with E-state index in [9.17, 15) is 21.6 Å². The number of nitrogens with zero attached hydrogens (tertiary/aromatic N) is 3. The number of alkyl halides is 3. The normalized spacial score (nSPS) is 12.1. The molecule has 1 aromatic heterocycles. The molecule has 0 saturated heterocycles. The fourth-order valence-corrected chi connectivity index (χ4v) is 4.99. The molecule has 0 bridgehead atoms. The molecule has 6 nitrogen and oxygen atoms in total. The van der Waals surface area contributed by atoms with Gasteiger partial charge in [0.1, 0.15) is 4.90 Å². The number of rotatable bonds is 7. The summed E-state index contributed by atoms with van der Waals surface area (Å²) in [5.41, 5.74) is 0.176. The molecule has 0 spiro atoms. The second kappa shape index (κ2) is 8.80. The van der Waals surface area contributed by atoms with Crippen LogP contribution in [0.5, 0.6) is 0 Å². The predicted octanol–water partition coefficient (Wildman–Crippen LogP) is 4.92. The van der Waals surface area contributed by atoms with Crippen molar-refractivity contribution >= 4 is 33.0 Å². The van der Waals surface area contributed by atoms with Crippen molar-refractivity contribution in [2.24, 2.45) is 7.05 Å². The average molecular weight is 473 g/mol. The molecular formula is C20H20ClF3N4O2S. The molecule has 0 unspecified atom stereocenters. The number of hydrogen-bond acceptors (Lipinski definition) is 4. The lowest BCUT2D eigenvalue weighted by molar-refractivity contribution is -0.141. The number of nitrogens with one attached hydrogen (secondary N) is 1. The summed E-state index contributed by atoms with van der Waals surface area (Å²) in [5, 5.41) is 6.44. The first-order chi connectivity index (χ1) is 14.5. The molecule has 0 aliphatic carbocycles. The highest BCUT2D eigenvalue weighted by Crippen LogP contribution is 2.31. The number of anilines is 2. The molecule has 0 aliphatic heterocycles. The topological polar surface area (TPSA) is 67.2 Å². The third kappa shape index (κ3) is 4.96. The Kier molecular flexibility index (Phi) is 6.51. The number of hydrogen-bond donors (Lipinski definition) is 1. The minimum atomic E-state index is -4.54. The molecule has 0 aliphatic rings. The molecule has 0 fully saturated rings. The van der Waals surface area contributed by atoms with Crippen molar-refractivity contribution in [3.63, 3.8) is 0 Å². The lowest BCUT2D eigenvalue weighted by Gasteiger charge is -2.23. The van der Waals surface area contributed by atoms with Gasteiger partial charge >= 0.3 is 6.18 Å². The van der Waals surface area contributed by atoms with Crippen molar-refractivity contribution in [2.45, 2.75) is 24.5 Å². The molecule has 0 radical (unpaired) electrons. The highest BCUT2D eigenvalue weighted by Gasteiger charge is 2.34. The van der Waals surface area contributed by atoms with Crippen LogP contribution in [-0.4, -0.2) is 24.7 Å². The lowest BCUT2D eigenvalue weighted by Crippen LogP contribution is -2.31.